The molecule has 0 heterocycles. The van der Waals surface area contributed by atoms with Crippen molar-refractivity contribution < 1.29 is 9.72 Å². The molecule has 0 unspecified atom stereocenters. The van der Waals surface area contributed by atoms with Gasteiger partial charge in [-0.3, -0.25) is 14.9 Å². The molecule has 27 heavy (non-hydrogen) atoms. The van der Waals surface area contributed by atoms with Crippen molar-refractivity contribution in [3.05, 3.63) is 39.9 Å². The maximum Gasteiger partial charge on any atom is 0.269 e. The van der Waals surface area contributed by atoms with E-state index in [1.165, 1.54) is 25.0 Å². The molecule has 8 nitrogen and oxygen atoms in total. The minimum absolute atomic E-state index is 0.0593. The second-order valence-electron chi connectivity index (χ2n) is 7.87. The highest BCUT2D eigenvalue weighted by Gasteiger charge is 2.18. The highest BCUT2D eigenvalue weighted by molar-refractivity contribution is 5.86. The average molecular weight is 375 g/mol. The number of nitrogens with one attached hydrogen (secondary N) is 3. The van der Waals surface area contributed by atoms with E-state index in [0.717, 1.165) is 18.4 Å². The molecule has 1 amide bonds. The lowest BCUT2D eigenvalue weighted by Crippen LogP contribution is -2.49. The number of amides is 1. The number of hydrogen-bond acceptors (Lipinski definition) is 4. The SMILES string of the molecule is CC(C)(C)NC(=O)CNC(=NCc1ccc([N+](=O)[O-])cc1)NC1CCCC1. The zero-order valence-electron chi connectivity index (χ0n) is 16.2. The predicted octanol–water partition coefficient (Wildman–Crippen LogP) is 2.49. The first-order chi connectivity index (χ1) is 12.7. The molecule has 3 N–H and O–H groups in total. The molecular formula is C19H29N5O3. The van der Waals surface area contributed by atoms with Crippen molar-refractivity contribution in [3.8, 4) is 0 Å². The van der Waals surface area contributed by atoms with Crippen LogP contribution in [0.15, 0.2) is 29.3 Å². The van der Waals surface area contributed by atoms with Gasteiger partial charge in [0.05, 0.1) is 18.0 Å². The van der Waals surface area contributed by atoms with Gasteiger partial charge in [-0.1, -0.05) is 25.0 Å². The molecule has 1 aliphatic carbocycles. The van der Waals surface area contributed by atoms with Crippen molar-refractivity contribution in [2.45, 2.75) is 64.6 Å². The Morgan fingerprint density at radius 2 is 1.85 bits per heavy atom. The van der Waals surface area contributed by atoms with Crippen molar-refractivity contribution in [2.75, 3.05) is 6.54 Å². The molecule has 0 atom stereocenters. The zero-order valence-corrected chi connectivity index (χ0v) is 16.2. The van der Waals surface area contributed by atoms with Crippen LogP contribution in [0.25, 0.3) is 0 Å². The Labute approximate surface area is 160 Å². The van der Waals surface area contributed by atoms with E-state index >= 15 is 0 Å². The summed E-state index contributed by atoms with van der Waals surface area (Å²) in [6.07, 6.45) is 4.56. The van der Waals surface area contributed by atoms with Gasteiger partial charge in [-0.05, 0) is 39.2 Å². The summed E-state index contributed by atoms with van der Waals surface area (Å²) in [5.74, 6) is 0.489. The molecule has 0 aromatic heterocycles. The summed E-state index contributed by atoms with van der Waals surface area (Å²) < 4.78 is 0. The summed E-state index contributed by atoms with van der Waals surface area (Å²) in [6, 6.07) is 6.69. The van der Waals surface area contributed by atoms with Crippen LogP contribution < -0.4 is 16.0 Å². The van der Waals surface area contributed by atoms with E-state index in [1.807, 2.05) is 20.8 Å². The van der Waals surface area contributed by atoms with E-state index in [9.17, 15) is 14.9 Å². The second-order valence-corrected chi connectivity index (χ2v) is 7.87. The molecule has 148 valence electrons. The van der Waals surface area contributed by atoms with E-state index in [0.29, 0.717) is 18.5 Å². The van der Waals surface area contributed by atoms with E-state index in [4.69, 9.17) is 0 Å². The minimum atomic E-state index is -0.421. The highest BCUT2D eigenvalue weighted by atomic mass is 16.6. The standard InChI is InChI=1S/C19H29N5O3/c1-19(2,3)23-17(25)13-21-18(22-15-6-4-5-7-15)20-12-14-8-10-16(11-9-14)24(26)27/h8-11,15H,4-7,12-13H2,1-3H3,(H,23,25)(H2,20,21,22). The van der Waals surface area contributed by atoms with Gasteiger partial charge in [0, 0.05) is 23.7 Å². The van der Waals surface area contributed by atoms with Gasteiger partial charge in [0.2, 0.25) is 5.91 Å². The van der Waals surface area contributed by atoms with Crippen molar-refractivity contribution in [2.24, 2.45) is 4.99 Å². The number of nitrogens with zero attached hydrogens (tertiary/aromatic N) is 2. The largest absolute Gasteiger partial charge is 0.354 e. The van der Waals surface area contributed by atoms with E-state index < -0.39 is 4.92 Å². The van der Waals surface area contributed by atoms with Crippen LogP contribution >= 0.6 is 0 Å². The number of aliphatic imine (C=N–C) groups is 1. The lowest BCUT2D eigenvalue weighted by Gasteiger charge is -2.22. The summed E-state index contributed by atoms with van der Waals surface area (Å²) in [7, 11) is 0. The molecule has 0 saturated heterocycles. The summed E-state index contributed by atoms with van der Waals surface area (Å²) in [5, 5.41) is 20.1. The number of nitro benzene ring substituents is 1. The van der Waals surface area contributed by atoms with Crippen LogP contribution in [-0.4, -0.2) is 34.9 Å². The van der Waals surface area contributed by atoms with Gasteiger partial charge < -0.3 is 16.0 Å². The number of nitro groups is 1. The van der Waals surface area contributed by atoms with Gasteiger partial charge in [-0.25, -0.2) is 4.99 Å². The van der Waals surface area contributed by atoms with Crippen LogP contribution in [0.5, 0.6) is 0 Å². The highest BCUT2D eigenvalue weighted by Crippen LogP contribution is 2.17. The molecule has 0 bridgehead atoms. The number of non-ortho nitro benzene ring substituents is 1. The van der Waals surface area contributed by atoms with Crippen molar-refractivity contribution in [1.29, 1.82) is 0 Å². The van der Waals surface area contributed by atoms with Gasteiger partial charge in [0.25, 0.3) is 5.69 Å². The molecule has 1 saturated carbocycles. The second kappa shape index (κ2) is 9.34. The molecule has 1 fully saturated rings. The summed E-state index contributed by atoms with van der Waals surface area (Å²) in [6.45, 7) is 6.32. The molecule has 2 rings (SSSR count). The van der Waals surface area contributed by atoms with E-state index in [2.05, 4.69) is 20.9 Å². The van der Waals surface area contributed by atoms with Gasteiger partial charge in [-0.15, -0.1) is 0 Å². The Kier molecular flexibility index (Phi) is 7.15. The molecule has 0 radical (unpaired) electrons. The number of hydrogen-bond donors (Lipinski definition) is 3. The Bertz CT molecular complexity index is 674. The number of carbonyl (C=O) groups is 1. The number of benzene rings is 1. The minimum Gasteiger partial charge on any atom is -0.354 e. The van der Waals surface area contributed by atoms with Crippen LogP contribution in [0.2, 0.25) is 0 Å². The van der Waals surface area contributed by atoms with Crippen LogP contribution in [0, 0.1) is 10.1 Å². The topological polar surface area (TPSA) is 109 Å². The molecule has 0 aliphatic heterocycles. The number of rotatable bonds is 6. The first-order valence-corrected chi connectivity index (χ1v) is 9.32. The fourth-order valence-corrected chi connectivity index (χ4v) is 2.94. The molecular weight excluding hydrogens is 346 g/mol. The van der Waals surface area contributed by atoms with Gasteiger partial charge in [0.15, 0.2) is 5.96 Å². The Hall–Kier alpha value is -2.64. The zero-order chi connectivity index (χ0) is 19.9. The lowest BCUT2D eigenvalue weighted by atomic mass is 10.1. The van der Waals surface area contributed by atoms with Crippen LogP contribution in [0.3, 0.4) is 0 Å². The van der Waals surface area contributed by atoms with Crippen LogP contribution in [0.4, 0.5) is 5.69 Å². The van der Waals surface area contributed by atoms with Gasteiger partial charge in [-0.2, -0.15) is 0 Å². The number of carbonyl (C=O) groups excluding carboxylic acids is 1. The van der Waals surface area contributed by atoms with Crippen LogP contribution in [0.1, 0.15) is 52.0 Å². The van der Waals surface area contributed by atoms with Crippen molar-refractivity contribution in [3.63, 3.8) is 0 Å². The lowest BCUT2D eigenvalue weighted by molar-refractivity contribution is -0.384. The Morgan fingerprint density at radius 3 is 2.41 bits per heavy atom. The third-order valence-corrected chi connectivity index (χ3v) is 4.19. The third-order valence-electron chi connectivity index (χ3n) is 4.19. The molecule has 8 heteroatoms. The monoisotopic (exact) mass is 375 g/mol. The van der Waals surface area contributed by atoms with Gasteiger partial charge >= 0.3 is 0 Å². The number of guanidine groups is 1. The van der Waals surface area contributed by atoms with Crippen LogP contribution in [-0.2, 0) is 11.3 Å². The Balaban J connectivity index is 1.98. The Morgan fingerprint density at radius 1 is 1.22 bits per heavy atom. The molecule has 1 aromatic rings. The first-order valence-electron chi connectivity index (χ1n) is 9.32. The maximum atomic E-state index is 12.1. The van der Waals surface area contributed by atoms with E-state index in [-0.39, 0.29) is 23.7 Å². The summed E-state index contributed by atoms with van der Waals surface area (Å²) in [4.78, 5) is 26.9. The normalized spacial score (nSPS) is 15.4. The fraction of sp³-hybridized carbons (Fsp3) is 0.579. The molecule has 1 aliphatic rings. The third kappa shape index (κ3) is 7.64. The predicted molar refractivity (Wildman–Crippen MR) is 106 cm³/mol. The quantitative estimate of drug-likeness (QED) is 0.306. The fourth-order valence-electron chi connectivity index (χ4n) is 2.94. The maximum absolute atomic E-state index is 12.1. The van der Waals surface area contributed by atoms with Crippen molar-refractivity contribution in [1.82, 2.24) is 16.0 Å². The summed E-state index contributed by atoms with van der Waals surface area (Å²) in [5.41, 5.74) is 0.643. The van der Waals surface area contributed by atoms with Crippen molar-refractivity contribution >= 4 is 17.6 Å². The smallest absolute Gasteiger partial charge is 0.269 e. The first kappa shape index (κ1) is 20.7. The average Bonchev–Trinajstić information content (AvgIpc) is 3.09. The van der Waals surface area contributed by atoms with Gasteiger partial charge in [0.1, 0.15) is 0 Å². The molecule has 1 aromatic carbocycles. The summed E-state index contributed by atoms with van der Waals surface area (Å²) >= 11 is 0. The van der Waals surface area contributed by atoms with E-state index in [1.54, 1.807) is 12.1 Å². The molecule has 0 spiro atoms.